The molecular formula is C39H62N10O13. The topological polar surface area (TPSA) is 374 Å². The van der Waals surface area contributed by atoms with Crippen LogP contribution in [-0.4, -0.2) is 160 Å². The highest BCUT2D eigenvalue weighted by Gasteiger charge is 2.36. The number of aliphatic carboxylic acids is 1. The Hall–Kier alpha value is -5.91. The molecule has 62 heavy (non-hydrogen) atoms. The van der Waals surface area contributed by atoms with Gasteiger partial charge in [-0.25, -0.2) is 4.79 Å². The second-order valence-electron chi connectivity index (χ2n) is 14.9. The van der Waals surface area contributed by atoms with Crippen molar-refractivity contribution in [3.05, 3.63) is 29.8 Å². The summed E-state index contributed by atoms with van der Waals surface area (Å²) in [6, 6.07) is -3.58. The van der Waals surface area contributed by atoms with Crippen LogP contribution in [0, 0.1) is 5.92 Å². The maximum absolute atomic E-state index is 13.8. The zero-order valence-corrected chi connectivity index (χ0v) is 35.2. The number of hydrogen-bond acceptors (Lipinski definition) is 14. The van der Waals surface area contributed by atoms with Gasteiger partial charge < -0.3 is 74.0 Å². The molecule has 0 aliphatic carbocycles. The third-order valence-corrected chi connectivity index (χ3v) is 10.2. The largest absolute Gasteiger partial charge is 0.508 e. The number of aliphatic hydroxyl groups is 2. The maximum Gasteiger partial charge on any atom is 0.328 e. The Labute approximate surface area is 358 Å². The molecule has 0 radical (unpaired) electrons. The van der Waals surface area contributed by atoms with Crippen LogP contribution in [0.4, 0.5) is 0 Å². The van der Waals surface area contributed by atoms with Crippen LogP contribution < -0.4 is 48.7 Å². The molecule has 1 saturated heterocycles. The number of aliphatic hydroxyl groups excluding tert-OH is 2. The van der Waals surface area contributed by atoms with Crippen molar-refractivity contribution in [3.8, 4) is 5.75 Å². The number of carbonyl (C=O) groups excluding carboxylic acids is 8. The van der Waals surface area contributed by atoms with Crippen LogP contribution in [0.5, 0.6) is 5.75 Å². The Morgan fingerprint density at radius 3 is 1.95 bits per heavy atom. The first-order valence-corrected chi connectivity index (χ1v) is 20.4. The summed E-state index contributed by atoms with van der Waals surface area (Å²) in [5.41, 5.74) is 11.6. The summed E-state index contributed by atoms with van der Waals surface area (Å²) in [6.07, 6.45) is 1.98. The maximum atomic E-state index is 13.8. The van der Waals surface area contributed by atoms with Gasteiger partial charge in [-0.15, -0.1) is 0 Å². The molecule has 8 amide bonds. The van der Waals surface area contributed by atoms with Gasteiger partial charge >= 0.3 is 5.97 Å². The van der Waals surface area contributed by atoms with Gasteiger partial charge in [-0.3, -0.25) is 38.4 Å². The molecule has 0 spiro atoms. The number of carboxylic acids is 1. The monoisotopic (exact) mass is 878 g/mol. The predicted octanol–water partition coefficient (Wildman–Crippen LogP) is -4.83. The van der Waals surface area contributed by atoms with Crippen LogP contribution >= 0.6 is 0 Å². The predicted molar refractivity (Wildman–Crippen MR) is 220 cm³/mol. The van der Waals surface area contributed by atoms with E-state index in [2.05, 4.69) is 31.9 Å². The van der Waals surface area contributed by atoms with Gasteiger partial charge in [0.05, 0.1) is 26.3 Å². The van der Waals surface area contributed by atoms with Crippen molar-refractivity contribution in [2.75, 3.05) is 39.4 Å². The van der Waals surface area contributed by atoms with Gasteiger partial charge in [0.25, 0.3) is 0 Å². The minimum absolute atomic E-state index is 0.0602. The fourth-order valence-corrected chi connectivity index (χ4v) is 6.37. The Morgan fingerprint density at radius 2 is 1.37 bits per heavy atom. The number of hydrogen-bond donors (Lipinski definition) is 13. The zero-order valence-electron chi connectivity index (χ0n) is 35.2. The highest BCUT2D eigenvalue weighted by atomic mass is 16.4. The fourth-order valence-electron chi connectivity index (χ4n) is 6.37. The molecule has 346 valence electrons. The number of phenolic OH excluding ortho intramolecular Hbond substituents is 1. The second kappa shape index (κ2) is 26.4. The van der Waals surface area contributed by atoms with Crippen molar-refractivity contribution in [2.24, 2.45) is 17.4 Å². The Morgan fingerprint density at radius 1 is 0.758 bits per heavy atom. The summed E-state index contributed by atoms with van der Waals surface area (Å²) in [5.74, 6) is -8.44. The van der Waals surface area contributed by atoms with Gasteiger partial charge in [0.15, 0.2) is 0 Å². The summed E-state index contributed by atoms with van der Waals surface area (Å²) in [5, 5.41) is 55.2. The van der Waals surface area contributed by atoms with E-state index in [1.807, 2.05) is 5.32 Å². The van der Waals surface area contributed by atoms with Gasteiger partial charge in [-0.05, 0) is 69.2 Å². The van der Waals surface area contributed by atoms with E-state index in [1.54, 1.807) is 13.8 Å². The summed E-state index contributed by atoms with van der Waals surface area (Å²) in [6.45, 7) is 2.50. The summed E-state index contributed by atoms with van der Waals surface area (Å²) < 4.78 is 0. The zero-order chi connectivity index (χ0) is 46.5. The molecule has 1 aromatic rings. The van der Waals surface area contributed by atoms with E-state index >= 15 is 0 Å². The molecule has 8 atom stereocenters. The first-order chi connectivity index (χ1) is 29.4. The number of benzene rings is 1. The number of aromatic hydroxyl groups is 1. The Kier molecular flexibility index (Phi) is 22.3. The number of nitrogens with two attached hydrogens (primary N) is 2. The lowest BCUT2D eigenvalue weighted by Gasteiger charge is -2.29. The van der Waals surface area contributed by atoms with Crippen LogP contribution in [-0.2, 0) is 49.6 Å². The first-order valence-electron chi connectivity index (χ1n) is 20.4. The van der Waals surface area contributed by atoms with Crippen molar-refractivity contribution in [3.63, 3.8) is 0 Å². The number of carbonyl (C=O) groups is 9. The molecule has 23 heteroatoms. The minimum Gasteiger partial charge on any atom is -0.508 e. The number of nitrogens with one attached hydrogen (secondary N) is 7. The van der Waals surface area contributed by atoms with E-state index in [1.165, 1.54) is 36.1 Å². The van der Waals surface area contributed by atoms with Crippen LogP contribution in [0.2, 0.25) is 0 Å². The lowest BCUT2D eigenvalue weighted by atomic mass is 9.97. The average Bonchev–Trinajstić information content (AvgIpc) is 3.75. The molecule has 1 aliphatic rings. The number of carboxylic acid groups (broad SMARTS) is 1. The smallest absolute Gasteiger partial charge is 0.328 e. The van der Waals surface area contributed by atoms with Gasteiger partial charge in [0, 0.05) is 13.0 Å². The van der Waals surface area contributed by atoms with Crippen LogP contribution in [0.15, 0.2) is 24.3 Å². The van der Waals surface area contributed by atoms with E-state index in [0.717, 1.165) is 0 Å². The van der Waals surface area contributed by atoms with Crippen molar-refractivity contribution in [1.82, 2.24) is 42.1 Å². The molecule has 15 N–H and O–H groups in total. The number of unbranched alkanes of at least 4 members (excludes halogenated alkanes) is 1. The van der Waals surface area contributed by atoms with Gasteiger partial charge in [0.1, 0.15) is 48.0 Å². The number of likely N-dealkylation sites (tertiary alicyclic amines) is 1. The van der Waals surface area contributed by atoms with E-state index in [9.17, 15) is 53.4 Å². The molecule has 2 rings (SSSR count). The highest BCUT2D eigenvalue weighted by molar-refractivity contribution is 5.97. The fraction of sp³-hybridized carbons (Fsp3) is 0.615. The summed E-state index contributed by atoms with van der Waals surface area (Å²) in [7, 11) is 0. The molecule has 1 fully saturated rings. The third kappa shape index (κ3) is 16.5. The van der Waals surface area contributed by atoms with Crippen molar-refractivity contribution < 1.29 is 63.6 Å². The third-order valence-electron chi connectivity index (χ3n) is 10.2. The Bertz CT molecular complexity index is 1720. The van der Waals surface area contributed by atoms with Crippen molar-refractivity contribution in [2.45, 2.75) is 108 Å². The van der Waals surface area contributed by atoms with Gasteiger partial charge in [-0.2, -0.15) is 0 Å². The molecule has 1 aliphatic heterocycles. The van der Waals surface area contributed by atoms with Crippen molar-refractivity contribution >= 4 is 53.2 Å². The van der Waals surface area contributed by atoms with Crippen LogP contribution in [0.3, 0.4) is 0 Å². The normalized spacial score (nSPS) is 16.8. The van der Waals surface area contributed by atoms with E-state index < -0.39 is 121 Å². The molecule has 1 aromatic carbocycles. The standard InChI is InChI=1S/C39H62N10O13/c1-4-21(2)32(38(60)45-25(8-5-6-14-40)34(56)42-18-30(53)44-28(20-51)39(61)62)48-36(58)27(19-50)47-35(57)26(16-23-10-12-24(52)13-11-23)46-33(55)22(3)43-37(59)29-9-7-15-49(29)31(54)17-41/h10-13,21-22,25-29,32,50-52H,4-9,14-20,40-41H2,1-3H3,(H,42,56)(H,43,59)(H,44,53)(H,45,60)(H,46,55)(H,47,57)(H,48,58)(H,61,62)/t21-,22-,25-,26-,27-,28-,29-,32-/m0/s1. The van der Waals surface area contributed by atoms with E-state index in [4.69, 9.17) is 21.7 Å². The van der Waals surface area contributed by atoms with Crippen LogP contribution in [0.1, 0.15) is 64.9 Å². The van der Waals surface area contributed by atoms with Crippen LogP contribution in [0.25, 0.3) is 0 Å². The van der Waals surface area contributed by atoms with Gasteiger partial charge in [0.2, 0.25) is 47.3 Å². The van der Waals surface area contributed by atoms with Crippen molar-refractivity contribution in [1.29, 1.82) is 0 Å². The molecular weight excluding hydrogens is 816 g/mol. The molecule has 0 bridgehead atoms. The SMILES string of the molecule is CC[C@H](C)[C@H](NC(=O)[C@H](CO)NC(=O)[C@H](Cc1ccc(O)cc1)NC(=O)[C@H](C)NC(=O)[C@@H]1CCCN1C(=O)CN)C(=O)N[C@@H](CCCCN)C(=O)NCC(=O)N[C@@H](CO)C(=O)O. The first kappa shape index (κ1) is 52.2. The quantitative estimate of drug-likeness (QED) is 0.0388. The second-order valence-corrected chi connectivity index (χ2v) is 14.9. The number of phenols is 1. The summed E-state index contributed by atoms with van der Waals surface area (Å²) >= 11 is 0. The summed E-state index contributed by atoms with van der Waals surface area (Å²) in [4.78, 5) is 118. The minimum atomic E-state index is -1.66. The molecule has 23 nitrogen and oxygen atoms in total. The Balaban J connectivity index is 2.23. The van der Waals surface area contributed by atoms with Gasteiger partial charge in [-0.1, -0.05) is 32.4 Å². The number of rotatable bonds is 26. The molecule has 0 unspecified atom stereocenters. The lowest BCUT2D eigenvalue weighted by molar-refractivity contribution is -0.143. The number of amides is 8. The average molecular weight is 879 g/mol. The van der Waals surface area contributed by atoms with E-state index in [-0.39, 0.29) is 31.7 Å². The molecule has 1 heterocycles. The lowest BCUT2D eigenvalue weighted by Crippen LogP contribution is -2.61. The molecule has 0 aromatic heterocycles. The van der Waals surface area contributed by atoms with E-state index in [0.29, 0.717) is 44.2 Å². The number of nitrogens with zero attached hydrogens (tertiary/aromatic N) is 1. The molecule has 0 saturated carbocycles. The highest BCUT2D eigenvalue weighted by Crippen LogP contribution is 2.18.